The smallest absolute Gasteiger partial charge is 0.267 e. The second-order valence-electron chi connectivity index (χ2n) is 7.33. The largest absolute Gasteiger partial charge is 0.491 e. The van der Waals surface area contributed by atoms with Crippen molar-refractivity contribution in [3.05, 3.63) is 52.8 Å². The molecule has 0 spiro atoms. The molecule has 30 heavy (non-hydrogen) atoms. The van der Waals surface area contributed by atoms with Gasteiger partial charge in [-0.05, 0) is 43.2 Å². The monoisotopic (exact) mass is 433 g/mol. The summed E-state index contributed by atoms with van der Waals surface area (Å²) >= 11 is 5.85. The molecule has 2 aromatic rings. The van der Waals surface area contributed by atoms with Crippen molar-refractivity contribution in [2.45, 2.75) is 37.6 Å². The summed E-state index contributed by atoms with van der Waals surface area (Å²) in [5.74, 6) is -1.06. The first kappa shape index (κ1) is 20.9. The Kier molecular flexibility index (Phi) is 6.41. The van der Waals surface area contributed by atoms with Crippen LogP contribution in [-0.4, -0.2) is 32.8 Å². The molecular weight excluding hydrogens is 409 g/mol. The van der Waals surface area contributed by atoms with Crippen molar-refractivity contribution in [2.75, 3.05) is 31.0 Å². The number of hydrogen-bond acceptors (Lipinski definition) is 6. The van der Waals surface area contributed by atoms with E-state index >= 15 is 0 Å². The average molecular weight is 434 g/mol. The van der Waals surface area contributed by atoms with Crippen LogP contribution in [0, 0.1) is 5.82 Å². The van der Waals surface area contributed by atoms with Crippen LogP contribution in [0.1, 0.15) is 31.2 Å². The second-order valence-corrected chi connectivity index (χ2v) is 7.77. The zero-order valence-corrected chi connectivity index (χ0v) is 17.5. The Balaban J connectivity index is 1.46. The number of aliphatic imine (C=N–C) groups is 1. The Labute approximate surface area is 180 Å². The lowest BCUT2D eigenvalue weighted by atomic mass is 10.1. The Morgan fingerprint density at radius 1 is 1.20 bits per heavy atom. The van der Waals surface area contributed by atoms with Gasteiger partial charge in [0, 0.05) is 18.2 Å². The number of fused-ring (bicyclic) bond motifs is 1. The number of ether oxygens (including phenoxy) is 3. The first-order chi connectivity index (χ1) is 14.6. The van der Waals surface area contributed by atoms with Gasteiger partial charge in [-0.1, -0.05) is 24.4 Å². The summed E-state index contributed by atoms with van der Waals surface area (Å²) in [5, 5.41) is 6.46. The Bertz CT molecular complexity index is 920. The number of nitrogens with zero attached hydrogens (tertiary/aromatic N) is 1. The van der Waals surface area contributed by atoms with Crippen LogP contribution in [0.15, 0.2) is 41.4 Å². The standard InChI is InChI=1S/C22H25ClFN3O3/c1-28-22(27-20-9-6-15(23)12-19(20)24)18-8-7-17(13-21(18)25-14-26-22)30-11-10-29-16-4-2-3-5-16/h6-9,12-14,16,27H,2-5,10-11H2,1H3,(H,25,26). The van der Waals surface area contributed by atoms with Crippen molar-refractivity contribution in [3.63, 3.8) is 0 Å². The van der Waals surface area contributed by atoms with Crippen molar-refractivity contribution in [1.82, 2.24) is 0 Å². The van der Waals surface area contributed by atoms with Gasteiger partial charge in [0.1, 0.15) is 18.2 Å². The summed E-state index contributed by atoms with van der Waals surface area (Å²) in [7, 11) is 1.51. The quantitative estimate of drug-likeness (QED) is 0.445. The second kappa shape index (κ2) is 9.20. The van der Waals surface area contributed by atoms with E-state index in [-0.39, 0.29) is 5.69 Å². The molecule has 8 heteroatoms. The number of benzene rings is 2. The van der Waals surface area contributed by atoms with E-state index in [1.165, 1.54) is 32.4 Å². The zero-order valence-electron chi connectivity index (χ0n) is 16.8. The minimum absolute atomic E-state index is 0.232. The first-order valence-electron chi connectivity index (χ1n) is 10.1. The van der Waals surface area contributed by atoms with Gasteiger partial charge in [-0.2, -0.15) is 0 Å². The lowest BCUT2D eigenvalue weighted by molar-refractivity contribution is 0.0187. The molecule has 4 rings (SSSR count). The van der Waals surface area contributed by atoms with Gasteiger partial charge in [-0.25, -0.2) is 9.38 Å². The Morgan fingerprint density at radius 3 is 2.80 bits per heavy atom. The normalized spacial score (nSPS) is 20.6. The molecule has 160 valence electrons. The third-order valence-corrected chi connectivity index (χ3v) is 5.60. The van der Waals surface area contributed by atoms with Gasteiger partial charge in [0.2, 0.25) is 0 Å². The maximum Gasteiger partial charge on any atom is 0.267 e. The molecule has 6 nitrogen and oxygen atoms in total. The van der Waals surface area contributed by atoms with E-state index in [2.05, 4.69) is 15.6 Å². The molecule has 0 aromatic heterocycles. The Hall–Kier alpha value is -2.35. The number of nitrogens with one attached hydrogen (secondary N) is 2. The van der Waals surface area contributed by atoms with E-state index in [0.29, 0.717) is 35.7 Å². The molecule has 0 saturated heterocycles. The zero-order chi connectivity index (χ0) is 21.0. The van der Waals surface area contributed by atoms with Crippen LogP contribution in [0.25, 0.3) is 0 Å². The molecule has 1 fully saturated rings. The van der Waals surface area contributed by atoms with Crippen LogP contribution in [-0.2, 0) is 15.3 Å². The van der Waals surface area contributed by atoms with E-state index in [0.717, 1.165) is 18.5 Å². The molecule has 2 aromatic carbocycles. The van der Waals surface area contributed by atoms with Gasteiger partial charge < -0.3 is 24.8 Å². The van der Waals surface area contributed by atoms with Crippen LogP contribution >= 0.6 is 11.6 Å². The van der Waals surface area contributed by atoms with Crippen LogP contribution in [0.5, 0.6) is 5.75 Å². The molecule has 1 saturated carbocycles. The predicted molar refractivity (Wildman–Crippen MR) is 116 cm³/mol. The van der Waals surface area contributed by atoms with Gasteiger partial charge in [0.05, 0.1) is 36.0 Å². The fourth-order valence-corrected chi connectivity index (χ4v) is 3.97. The molecule has 1 heterocycles. The highest BCUT2D eigenvalue weighted by atomic mass is 35.5. The summed E-state index contributed by atoms with van der Waals surface area (Å²) in [6.07, 6.45) is 6.67. The predicted octanol–water partition coefficient (Wildman–Crippen LogP) is 5.14. The van der Waals surface area contributed by atoms with E-state index in [4.69, 9.17) is 25.8 Å². The molecule has 2 aliphatic rings. The van der Waals surface area contributed by atoms with Gasteiger partial charge in [0.15, 0.2) is 0 Å². The minimum atomic E-state index is -1.28. The molecular formula is C22H25ClFN3O3. The first-order valence-corrected chi connectivity index (χ1v) is 10.4. The van der Waals surface area contributed by atoms with Crippen LogP contribution < -0.4 is 15.4 Å². The van der Waals surface area contributed by atoms with Crippen molar-refractivity contribution < 1.29 is 18.6 Å². The van der Waals surface area contributed by atoms with E-state index in [9.17, 15) is 4.39 Å². The molecule has 0 radical (unpaired) electrons. The maximum atomic E-state index is 14.3. The highest BCUT2D eigenvalue weighted by molar-refractivity contribution is 6.30. The molecule has 1 aliphatic carbocycles. The van der Waals surface area contributed by atoms with Crippen LogP contribution in [0.2, 0.25) is 5.02 Å². The van der Waals surface area contributed by atoms with E-state index in [1.807, 2.05) is 18.2 Å². The number of methoxy groups -OCH3 is 1. The molecule has 1 aliphatic heterocycles. The van der Waals surface area contributed by atoms with Crippen molar-refractivity contribution in [1.29, 1.82) is 0 Å². The molecule has 0 amide bonds. The fraction of sp³-hybridized carbons (Fsp3) is 0.409. The van der Waals surface area contributed by atoms with Crippen molar-refractivity contribution in [2.24, 2.45) is 4.99 Å². The minimum Gasteiger partial charge on any atom is -0.491 e. The molecule has 1 unspecified atom stereocenters. The highest BCUT2D eigenvalue weighted by Gasteiger charge is 2.37. The summed E-state index contributed by atoms with van der Waals surface area (Å²) in [5.41, 5.74) is 1.69. The number of rotatable bonds is 8. The molecule has 2 N–H and O–H groups in total. The fourth-order valence-electron chi connectivity index (χ4n) is 3.81. The van der Waals surface area contributed by atoms with Gasteiger partial charge in [0.25, 0.3) is 5.85 Å². The van der Waals surface area contributed by atoms with Gasteiger partial charge in [-0.15, -0.1) is 0 Å². The SMILES string of the molecule is COC1(Nc2ccc(Cl)cc2F)N=CNc2cc(OCCOC3CCCC3)ccc21. The summed E-state index contributed by atoms with van der Waals surface area (Å²) in [4.78, 5) is 4.40. The van der Waals surface area contributed by atoms with Crippen LogP contribution in [0.4, 0.5) is 15.8 Å². The molecule has 0 bridgehead atoms. The Morgan fingerprint density at radius 2 is 2.03 bits per heavy atom. The number of hydrogen-bond donors (Lipinski definition) is 2. The van der Waals surface area contributed by atoms with Crippen LogP contribution in [0.3, 0.4) is 0 Å². The number of anilines is 2. The van der Waals surface area contributed by atoms with Gasteiger partial charge in [-0.3, -0.25) is 0 Å². The summed E-state index contributed by atoms with van der Waals surface area (Å²) in [6, 6.07) is 9.94. The number of halogens is 2. The third kappa shape index (κ3) is 4.53. The molecule has 1 atom stereocenters. The lowest BCUT2D eigenvalue weighted by Gasteiger charge is -2.34. The average Bonchev–Trinajstić information content (AvgIpc) is 3.27. The lowest BCUT2D eigenvalue weighted by Crippen LogP contribution is -2.39. The summed E-state index contributed by atoms with van der Waals surface area (Å²) < 4.78 is 31.7. The topological polar surface area (TPSA) is 64.1 Å². The highest BCUT2D eigenvalue weighted by Crippen LogP contribution is 2.38. The maximum absolute atomic E-state index is 14.3. The van der Waals surface area contributed by atoms with Crippen molar-refractivity contribution >= 4 is 29.3 Å². The third-order valence-electron chi connectivity index (χ3n) is 5.36. The van der Waals surface area contributed by atoms with E-state index < -0.39 is 11.7 Å². The van der Waals surface area contributed by atoms with Crippen molar-refractivity contribution in [3.8, 4) is 5.75 Å². The van der Waals surface area contributed by atoms with Gasteiger partial charge >= 0.3 is 0 Å². The van der Waals surface area contributed by atoms with E-state index in [1.54, 1.807) is 12.1 Å². The summed E-state index contributed by atoms with van der Waals surface area (Å²) in [6.45, 7) is 1.04.